The van der Waals surface area contributed by atoms with E-state index in [1.807, 2.05) is 0 Å². The zero-order valence-electron chi connectivity index (χ0n) is 30.7. The molecule has 18 heteroatoms. The number of phenolic OH excluding ortho intramolecular Hbond substituents is 3. The second-order valence-corrected chi connectivity index (χ2v) is 13.0. The molecule has 0 radical (unpaired) electrons. The number of hydrogen-bond acceptors (Lipinski definition) is 18. The Morgan fingerprint density at radius 2 is 1.19 bits per heavy atom. The molecule has 0 saturated carbocycles. The highest BCUT2D eigenvalue weighted by Gasteiger charge is 2.61. The van der Waals surface area contributed by atoms with Gasteiger partial charge in [-0.05, 0) is 71.3 Å². The summed E-state index contributed by atoms with van der Waals surface area (Å²) in [5, 5.41) is 83.1. The normalized spacial score (nSPS) is 27.2. The van der Waals surface area contributed by atoms with Gasteiger partial charge in [0.25, 0.3) is 0 Å². The Kier molecular flexibility index (Phi) is 14.6. The summed E-state index contributed by atoms with van der Waals surface area (Å²) < 4.78 is 38.3. The van der Waals surface area contributed by atoms with E-state index >= 15 is 0 Å². The predicted molar refractivity (Wildman–Crippen MR) is 198 cm³/mol. The fraction of sp³-hybridized carbons (Fsp3) is 0.325. The van der Waals surface area contributed by atoms with E-state index in [0.29, 0.717) is 16.7 Å². The van der Waals surface area contributed by atoms with E-state index in [2.05, 4.69) is 0 Å². The maximum Gasteiger partial charge on any atom is 0.331 e. The van der Waals surface area contributed by atoms with Crippen LogP contribution >= 0.6 is 0 Å². The van der Waals surface area contributed by atoms with Gasteiger partial charge in [0.15, 0.2) is 23.9 Å². The molecule has 9 atom stereocenters. The van der Waals surface area contributed by atoms with Gasteiger partial charge < -0.3 is 74.0 Å². The number of aliphatic hydroxyl groups excluding tert-OH is 5. The highest BCUT2D eigenvalue weighted by atomic mass is 16.8. The van der Waals surface area contributed by atoms with Crippen LogP contribution in [-0.4, -0.2) is 140 Å². The lowest BCUT2D eigenvalue weighted by atomic mass is 9.98. The van der Waals surface area contributed by atoms with Crippen molar-refractivity contribution in [1.29, 1.82) is 0 Å². The van der Waals surface area contributed by atoms with Crippen LogP contribution in [0, 0.1) is 0 Å². The van der Waals surface area contributed by atoms with E-state index in [0.717, 1.165) is 18.2 Å². The first kappa shape index (κ1) is 43.3. The lowest BCUT2D eigenvalue weighted by Crippen LogP contribution is -2.63. The molecular weight excluding hydrogens is 768 g/mol. The minimum absolute atomic E-state index is 0.0149. The smallest absolute Gasteiger partial charge is 0.331 e. The molecule has 18 nitrogen and oxygen atoms in total. The first-order chi connectivity index (χ1) is 27.7. The van der Waals surface area contributed by atoms with Crippen LogP contribution in [0.4, 0.5) is 0 Å². The van der Waals surface area contributed by atoms with Crippen LogP contribution in [0.5, 0.6) is 23.0 Å². The first-order valence-electron chi connectivity index (χ1n) is 17.6. The van der Waals surface area contributed by atoms with Crippen LogP contribution in [0.1, 0.15) is 16.7 Å². The molecule has 3 aromatic carbocycles. The number of methoxy groups -OCH3 is 1. The highest BCUT2D eigenvalue weighted by Crippen LogP contribution is 2.38. The van der Waals surface area contributed by atoms with Crippen LogP contribution < -0.4 is 4.74 Å². The third-order valence-corrected chi connectivity index (χ3v) is 8.93. The maximum atomic E-state index is 13.0. The highest BCUT2D eigenvalue weighted by molar-refractivity contribution is 5.88. The third kappa shape index (κ3) is 11.0. The van der Waals surface area contributed by atoms with E-state index in [-0.39, 0.29) is 23.0 Å². The number of carbonyl (C=O) groups is 3. The standard InChI is InChI=1S/C40H42O18/c1-52-28-18-24(6-14-27(28)44)9-16-32(46)53-19-29-34(48)36(50)37(51)39(55-29)58-40(21-41)38(56-33(47)17-8-23-4-12-26(43)13-5-23)35(49)30(57-40)20-54-31(45)15-7-22-2-10-25(42)11-3-22/h2-18,29-30,34-39,41-44,48-51H,19-21H2,1H3/t29-,30-,34-,35-,36+,37-,38-,39+,40+/m0/s1. The number of ether oxygens (including phenoxy) is 7. The fourth-order valence-corrected chi connectivity index (χ4v) is 5.80. The lowest BCUT2D eigenvalue weighted by Gasteiger charge is -2.43. The molecule has 8 N–H and O–H groups in total. The molecule has 2 heterocycles. The number of aromatic hydroxyl groups is 3. The summed E-state index contributed by atoms with van der Waals surface area (Å²) in [6.45, 7) is -2.56. The largest absolute Gasteiger partial charge is 0.508 e. The van der Waals surface area contributed by atoms with Crippen molar-refractivity contribution in [2.75, 3.05) is 26.9 Å². The Balaban J connectivity index is 1.31. The number of benzene rings is 3. The van der Waals surface area contributed by atoms with Crippen molar-refractivity contribution in [2.24, 2.45) is 0 Å². The van der Waals surface area contributed by atoms with E-state index in [4.69, 9.17) is 33.2 Å². The second-order valence-electron chi connectivity index (χ2n) is 13.0. The van der Waals surface area contributed by atoms with Gasteiger partial charge in [0.1, 0.15) is 67.9 Å². The van der Waals surface area contributed by atoms with Crippen LogP contribution in [0.3, 0.4) is 0 Å². The minimum atomic E-state index is -2.57. The van der Waals surface area contributed by atoms with Crippen molar-refractivity contribution in [3.05, 3.63) is 102 Å². The summed E-state index contributed by atoms with van der Waals surface area (Å²) in [5.74, 6) is -5.43. The average Bonchev–Trinajstić information content (AvgIpc) is 3.47. The molecule has 58 heavy (non-hydrogen) atoms. The van der Waals surface area contributed by atoms with Crippen molar-refractivity contribution in [3.8, 4) is 23.0 Å². The molecule has 0 spiro atoms. The Morgan fingerprint density at radius 1 is 0.672 bits per heavy atom. The number of rotatable bonds is 15. The molecule has 2 saturated heterocycles. The molecule has 0 aromatic heterocycles. The van der Waals surface area contributed by atoms with Gasteiger partial charge in [0, 0.05) is 18.2 Å². The fourth-order valence-electron chi connectivity index (χ4n) is 5.80. The lowest BCUT2D eigenvalue weighted by molar-refractivity contribution is -0.383. The van der Waals surface area contributed by atoms with Crippen LogP contribution in [-0.2, 0) is 42.8 Å². The molecule has 2 aliphatic rings. The molecule has 0 aliphatic carbocycles. The summed E-state index contributed by atoms with van der Waals surface area (Å²) in [6.07, 6.45) is -7.64. The van der Waals surface area contributed by atoms with E-state index in [1.165, 1.54) is 92.1 Å². The summed E-state index contributed by atoms with van der Waals surface area (Å²) in [5.41, 5.74) is 1.48. The average molecular weight is 811 g/mol. The van der Waals surface area contributed by atoms with Gasteiger partial charge in [-0.2, -0.15) is 0 Å². The molecule has 0 amide bonds. The van der Waals surface area contributed by atoms with Crippen LogP contribution in [0.2, 0.25) is 0 Å². The quantitative estimate of drug-likeness (QED) is 0.0590. The van der Waals surface area contributed by atoms with Crippen molar-refractivity contribution in [3.63, 3.8) is 0 Å². The predicted octanol–water partition coefficient (Wildman–Crippen LogP) is 0.523. The van der Waals surface area contributed by atoms with Crippen molar-refractivity contribution in [1.82, 2.24) is 0 Å². The topological polar surface area (TPSA) is 278 Å². The first-order valence-corrected chi connectivity index (χ1v) is 17.6. The van der Waals surface area contributed by atoms with Crippen molar-refractivity contribution in [2.45, 2.75) is 54.8 Å². The monoisotopic (exact) mass is 810 g/mol. The number of phenols is 3. The summed E-state index contributed by atoms with van der Waals surface area (Å²) >= 11 is 0. The van der Waals surface area contributed by atoms with Crippen molar-refractivity contribution >= 4 is 36.1 Å². The second kappa shape index (κ2) is 19.5. The Bertz CT molecular complexity index is 1960. The SMILES string of the molecule is COc1cc(C=CC(=O)OC[C@@H]2O[C@H](O[C@@]3(CO)O[C@@H](COC(=O)C=Cc4ccc(O)cc4)[C@H](O)[C@@H]3OC(=O)C=Cc3ccc(O)cc3)[C@@H](O)[C@H](O)[C@H]2O)ccc1O. The number of aliphatic hydroxyl groups is 5. The minimum Gasteiger partial charge on any atom is -0.508 e. The van der Waals surface area contributed by atoms with Gasteiger partial charge in [-0.1, -0.05) is 30.3 Å². The van der Waals surface area contributed by atoms with Gasteiger partial charge in [-0.25, -0.2) is 14.4 Å². The Hall–Kier alpha value is -5.83. The molecular formula is C40H42O18. The molecule has 3 aromatic rings. The van der Waals surface area contributed by atoms with Crippen LogP contribution in [0.15, 0.2) is 85.0 Å². The Labute approximate surface area is 330 Å². The molecule has 310 valence electrons. The van der Waals surface area contributed by atoms with E-state index in [1.54, 1.807) is 0 Å². The zero-order chi connectivity index (χ0) is 42.0. The Morgan fingerprint density at radius 3 is 1.74 bits per heavy atom. The van der Waals surface area contributed by atoms with Gasteiger partial charge in [0.2, 0.25) is 5.79 Å². The van der Waals surface area contributed by atoms with Gasteiger partial charge in [-0.3, -0.25) is 0 Å². The summed E-state index contributed by atoms with van der Waals surface area (Å²) in [4.78, 5) is 38.1. The molecule has 2 fully saturated rings. The molecule has 2 aliphatic heterocycles. The number of esters is 3. The summed E-state index contributed by atoms with van der Waals surface area (Å²) in [7, 11) is 1.35. The molecule has 0 bridgehead atoms. The van der Waals surface area contributed by atoms with Gasteiger partial charge >= 0.3 is 17.9 Å². The maximum absolute atomic E-state index is 13.0. The van der Waals surface area contributed by atoms with Crippen LogP contribution in [0.25, 0.3) is 18.2 Å². The summed E-state index contributed by atoms with van der Waals surface area (Å²) in [6, 6.07) is 15.9. The van der Waals surface area contributed by atoms with E-state index in [9.17, 15) is 55.2 Å². The molecule has 5 rings (SSSR count). The third-order valence-electron chi connectivity index (χ3n) is 8.93. The number of hydrogen-bond donors (Lipinski definition) is 8. The van der Waals surface area contributed by atoms with Gasteiger partial charge in [-0.15, -0.1) is 0 Å². The number of carbonyl (C=O) groups excluding carboxylic acids is 3. The molecule has 0 unspecified atom stereocenters. The van der Waals surface area contributed by atoms with Gasteiger partial charge in [0.05, 0.1) is 7.11 Å². The van der Waals surface area contributed by atoms with E-state index < -0.39 is 92.5 Å². The zero-order valence-corrected chi connectivity index (χ0v) is 30.7. The van der Waals surface area contributed by atoms with Crippen molar-refractivity contribution < 1.29 is 88.4 Å².